The van der Waals surface area contributed by atoms with Crippen LogP contribution in [0.15, 0.2) is 18.2 Å². The normalized spacial score (nSPS) is 9.82. The Kier molecular flexibility index (Phi) is 4.53. The highest BCUT2D eigenvalue weighted by atomic mass is 19.1. The molecule has 0 unspecified atom stereocenters. The van der Waals surface area contributed by atoms with Crippen LogP contribution >= 0.6 is 0 Å². The van der Waals surface area contributed by atoms with Crippen LogP contribution in [0.25, 0.3) is 0 Å². The second-order valence-corrected chi connectivity index (χ2v) is 3.19. The van der Waals surface area contributed by atoms with E-state index in [1.807, 2.05) is 0 Å². The van der Waals surface area contributed by atoms with Crippen LogP contribution in [0.3, 0.4) is 0 Å². The average molecular weight is 243 g/mol. The molecular formula is C10H11F2N3O2. The molecule has 0 atom stereocenters. The van der Waals surface area contributed by atoms with E-state index in [0.717, 1.165) is 12.1 Å². The van der Waals surface area contributed by atoms with Gasteiger partial charge in [-0.2, -0.15) is 0 Å². The van der Waals surface area contributed by atoms with E-state index < -0.39 is 23.4 Å². The van der Waals surface area contributed by atoms with Crippen molar-refractivity contribution >= 4 is 17.5 Å². The minimum atomic E-state index is -0.800. The first-order valence-electron chi connectivity index (χ1n) is 4.74. The molecule has 0 aliphatic carbocycles. The molecule has 0 saturated heterocycles. The maximum absolute atomic E-state index is 12.8. The number of benzene rings is 1. The fourth-order valence-corrected chi connectivity index (χ4v) is 1.08. The summed E-state index contributed by atoms with van der Waals surface area (Å²) in [5.74, 6) is -2.69. The van der Waals surface area contributed by atoms with E-state index in [4.69, 9.17) is 5.73 Å². The summed E-state index contributed by atoms with van der Waals surface area (Å²) in [6.45, 7) is -0.546. The zero-order chi connectivity index (χ0) is 12.8. The molecule has 7 heteroatoms. The molecule has 17 heavy (non-hydrogen) atoms. The van der Waals surface area contributed by atoms with Crippen molar-refractivity contribution in [3.8, 4) is 0 Å². The molecule has 0 aliphatic heterocycles. The van der Waals surface area contributed by atoms with Gasteiger partial charge in [0.25, 0.3) is 0 Å². The van der Waals surface area contributed by atoms with E-state index in [1.165, 1.54) is 0 Å². The van der Waals surface area contributed by atoms with Crippen LogP contribution in [-0.2, 0) is 9.59 Å². The Morgan fingerprint density at radius 2 is 1.71 bits per heavy atom. The first-order chi connectivity index (χ1) is 8.01. The third-order valence-electron chi connectivity index (χ3n) is 1.78. The predicted octanol–water partition coefficient (Wildman–Crippen LogP) is -0.0218. The number of rotatable bonds is 4. The van der Waals surface area contributed by atoms with Crippen LogP contribution in [0.2, 0.25) is 0 Å². The molecule has 0 spiro atoms. The van der Waals surface area contributed by atoms with Crippen molar-refractivity contribution in [2.45, 2.75) is 0 Å². The van der Waals surface area contributed by atoms with Crippen molar-refractivity contribution in [1.29, 1.82) is 0 Å². The van der Waals surface area contributed by atoms with Gasteiger partial charge < -0.3 is 16.4 Å². The number of amides is 2. The van der Waals surface area contributed by atoms with E-state index in [2.05, 4.69) is 10.6 Å². The van der Waals surface area contributed by atoms with Crippen molar-refractivity contribution in [2.75, 3.05) is 18.4 Å². The summed E-state index contributed by atoms with van der Waals surface area (Å²) in [7, 11) is 0. The molecule has 92 valence electrons. The Morgan fingerprint density at radius 3 is 2.24 bits per heavy atom. The largest absolute Gasteiger partial charge is 0.346 e. The highest BCUT2D eigenvalue weighted by Crippen LogP contribution is 2.12. The summed E-state index contributed by atoms with van der Waals surface area (Å²) in [6.07, 6.45) is 0. The number of hydrogen-bond acceptors (Lipinski definition) is 3. The third-order valence-corrected chi connectivity index (χ3v) is 1.78. The van der Waals surface area contributed by atoms with Gasteiger partial charge in [0, 0.05) is 11.8 Å². The fraction of sp³-hybridized carbons (Fsp3) is 0.200. The lowest BCUT2D eigenvalue weighted by molar-refractivity contribution is -0.123. The molecule has 0 fully saturated rings. The van der Waals surface area contributed by atoms with Gasteiger partial charge in [-0.25, -0.2) is 8.78 Å². The van der Waals surface area contributed by atoms with Gasteiger partial charge in [-0.3, -0.25) is 9.59 Å². The molecule has 0 aliphatic rings. The number of nitrogens with one attached hydrogen (secondary N) is 2. The van der Waals surface area contributed by atoms with Crippen molar-refractivity contribution in [3.63, 3.8) is 0 Å². The summed E-state index contributed by atoms with van der Waals surface area (Å²) >= 11 is 0. The van der Waals surface area contributed by atoms with Gasteiger partial charge in [-0.05, 0) is 12.1 Å². The maximum Gasteiger partial charge on any atom is 0.243 e. The van der Waals surface area contributed by atoms with Crippen molar-refractivity contribution in [1.82, 2.24) is 5.32 Å². The maximum atomic E-state index is 12.8. The molecule has 1 rings (SSSR count). The first-order valence-corrected chi connectivity index (χ1v) is 4.74. The lowest BCUT2D eigenvalue weighted by Gasteiger charge is -2.06. The van der Waals surface area contributed by atoms with E-state index in [9.17, 15) is 18.4 Å². The van der Waals surface area contributed by atoms with E-state index in [-0.39, 0.29) is 18.8 Å². The molecule has 5 nitrogen and oxygen atoms in total. The monoisotopic (exact) mass is 243 g/mol. The highest BCUT2D eigenvalue weighted by molar-refractivity contribution is 5.94. The summed E-state index contributed by atoms with van der Waals surface area (Å²) in [5, 5.41) is 4.45. The summed E-state index contributed by atoms with van der Waals surface area (Å²) in [5.41, 5.74) is 4.99. The second-order valence-electron chi connectivity index (χ2n) is 3.19. The van der Waals surface area contributed by atoms with Gasteiger partial charge in [0.1, 0.15) is 11.6 Å². The zero-order valence-electron chi connectivity index (χ0n) is 8.80. The minimum absolute atomic E-state index is 0.0190. The van der Waals surface area contributed by atoms with Gasteiger partial charge in [0.05, 0.1) is 13.1 Å². The molecule has 2 amide bonds. The second kappa shape index (κ2) is 5.90. The Morgan fingerprint density at radius 1 is 1.12 bits per heavy atom. The minimum Gasteiger partial charge on any atom is -0.346 e. The number of carbonyl (C=O) groups is 2. The number of hydrogen-bond donors (Lipinski definition) is 3. The molecule has 0 bridgehead atoms. The standard InChI is InChI=1S/C10H11F2N3O2/c11-6-1-7(12)3-8(2-6)15-10(17)5-14-9(16)4-13/h1-3H,4-5,13H2,(H,14,16)(H,15,17). The molecule has 4 N–H and O–H groups in total. The molecule has 0 heterocycles. The quantitative estimate of drug-likeness (QED) is 0.694. The number of nitrogens with two attached hydrogens (primary N) is 1. The Bertz CT molecular complexity index is 417. The Labute approximate surface area is 96.0 Å². The number of carbonyl (C=O) groups excluding carboxylic acids is 2. The number of anilines is 1. The molecule has 0 radical (unpaired) electrons. The molecule has 0 saturated carbocycles. The summed E-state index contributed by atoms with van der Waals surface area (Å²) in [4.78, 5) is 22.0. The van der Waals surface area contributed by atoms with Gasteiger partial charge in [0.2, 0.25) is 11.8 Å². The SMILES string of the molecule is NCC(=O)NCC(=O)Nc1cc(F)cc(F)c1. The summed E-state index contributed by atoms with van der Waals surface area (Å²) < 4.78 is 25.5. The fourth-order valence-electron chi connectivity index (χ4n) is 1.08. The third kappa shape index (κ3) is 4.56. The lowest BCUT2D eigenvalue weighted by Crippen LogP contribution is -2.36. The van der Waals surface area contributed by atoms with Crippen molar-refractivity contribution < 1.29 is 18.4 Å². The van der Waals surface area contributed by atoms with Crippen LogP contribution < -0.4 is 16.4 Å². The van der Waals surface area contributed by atoms with Gasteiger partial charge >= 0.3 is 0 Å². The Hall–Kier alpha value is -2.02. The van der Waals surface area contributed by atoms with Crippen molar-refractivity contribution in [2.24, 2.45) is 5.73 Å². The smallest absolute Gasteiger partial charge is 0.243 e. The number of halogens is 2. The highest BCUT2D eigenvalue weighted by Gasteiger charge is 2.06. The van der Waals surface area contributed by atoms with Crippen LogP contribution in [0.1, 0.15) is 0 Å². The topological polar surface area (TPSA) is 84.2 Å². The average Bonchev–Trinajstić information content (AvgIpc) is 2.24. The zero-order valence-corrected chi connectivity index (χ0v) is 8.80. The van der Waals surface area contributed by atoms with Crippen LogP contribution in [-0.4, -0.2) is 24.9 Å². The Balaban J connectivity index is 2.53. The van der Waals surface area contributed by atoms with Crippen molar-refractivity contribution in [3.05, 3.63) is 29.8 Å². The molecular weight excluding hydrogens is 232 g/mol. The van der Waals surface area contributed by atoms with E-state index in [0.29, 0.717) is 6.07 Å². The van der Waals surface area contributed by atoms with Gasteiger partial charge in [-0.1, -0.05) is 0 Å². The van der Waals surface area contributed by atoms with Gasteiger partial charge in [0.15, 0.2) is 0 Å². The molecule has 1 aromatic rings. The van der Waals surface area contributed by atoms with Crippen LogP contribution in [0, 0.1) is 11.6 Å². The molecule has 1 aromatic carbocycles. The van der Waals surface area contributed by atoms with Gasteiger partial charge in [-0.15, -0.1) is 0 Å². The summed E-state index contributed by atoms with van der Waals surface area (Å²) in [6, 6.07) is 2.61. The predicted molar refractivity (Wildman–Crippen MR) is 57.1 cm³/mol. The lowest BCUT2D eigenvalue weighted by atomic mass is 10.3. The van der Waals surface area contributed by atoms with E-state index >= 15 is 0 Å². The first kappa shape index (κ1) is 13.0. The van der Waals surface area contributed by atoms with E-state index in [1.54, 1.807) is 0 Å². The molecule has 0 aromatic heterocycles. The van der Waals surface area contributed by atoms with Crippen LogP contribution in [0.4, 0.5) is 14.5 Å². The van der Waals surface area contributed by atoms with Crippen LogP contribution in [0.5, 0.6) is 0 Å².